The van der Waals surface area contributed by atoms with Crippen LogP contribution in [0.15, 0.2) is 48.6 Å². The maximum absolute atomic E-state index is 9.94. The van der Waals surface area contributed by atoms with Gasteiger partial charge in [-0.1, -0.05) is 50.3 Å². The zero-order valence-corrected chi connectivity index (χ0v) is 23.3. The van der Waals surface area contributed by atoms with Crippen LogP contribution in [0.1, 0.15) is 36.1 Å². The van der Waals surface area contributed by atoms with Gasteiger partial charge in [-0.2, -0.15) is 0 Å². The molecule has 34 heavy (non-hydrogen) atoms. The molecule has 2 rings (SSSR count). The minimum atomic E-state index is -0.0619. The van der Waals surface area contributed by atoms with Crippen molar-refractivity contribution in [3.63, 3.8) is 0 Å². The Hall–Kier alpha value is -2.00. The molecule has 0 spiro atoms. The highest BCUT2D eigenvalue weighted by Gasteiger charge is 2.10. The fourth-order valence-corrected chi connectivity index (χ4v) is 3.70. The Morgan fingerprint density at radius 3 is 1.38 bits per heavy atom. The molecule has 0 unspecified atom stereocenters. The zero-order chi connectivity index (χ0) is 23.3. The number of allylic oxidation sites excluding steroid dienone is 2. The van der Waals surface area contributed by atoms with Gasteiger partial charge < -0.3 is 31.1 Å². The molecule has 0 aliphatic rings. The Labute approximate surface area is 224 Å². The van der Waals surface area contributed by atoms with Crippen molar-refractivity contribution in [3.05, 3.63) is 70.8 Å². The number of hydrogen-bond acceptors (Lipinski definition) is 6. The number of hydrogen-bond donors (Lipinski definition) is 6. The fourth-order valence-electron chi connectivity index (χ4n) is 3.70. The molecule has 190 valence electrons. The highest BCUT2D eigenvalue weighted by Crippen LogP contribution is 2.32. The van der Waals surface area contributed by atoms with E-state index in [1.165, 1.54) is 0 Å². The van der Waals surface area contributed by atoms with Gasteiger partial charge in [-0.05, 0) is 62.0 Å². The SMILES string of the molecule is Br.Br.CCc1c(CCNC/C=C/C=C/CNCCc2ccc(O)c(O)c2CC)ccc(O)c1O. The highest BCUT2D eigenvalue weighted by atomic mass is 79.9. The van der Waals surface area contributed by atoms with Gasteiger partial charge in [0.1, 0.15) is 0 Å². The predicted molar refractivity (Wildman–Crippen MR) is 150 cm³/mol. The molecule has 0 aromatic heterocycles. The van der Waals surface area contributed by atoms with Crippen LogP contribution in [0.5, 0.6) is 23.0 Å². The average Bonchev–Trinajstić information content (AvgIpc) is 2.79. The van der Waals surface area contributed by atoms with Gasteiger partial charge in [0, 0.05) is 24.2 Å². The number of rotatable bonds is 13. The molecule has 6 N–H and O–H groups in total. The van der Waals surface area contributed by atoms with Gasteiger partial charge >= 0.3 is 0 Å². The first-order valence-corrected chi connectivity index (χ1v) is 11.3. The summed E-state index contributed by atoms with van der Waals surface area (Å²) in [6.07, 6.45) is 11.1. The van der Waals surface area contributed by atoms with E-state index in [0.29, 0.717) is 12.8 Å². The van der Waals surface area contributed by atoms with Crippen LogP contribution in [0.2, 0.25) is 0 Å². The van der Waals surface area contributed by atoms with Crippen LogP contribution in [0.25, 0.3) is 0 Å². The lowest BCUT2D eigenvalue weighted by atomic mass is 10.0. The van der Waals surface area contributed by atoms with E-state index in [0.717, 1.165) is 61.3 Å². The molecular formula is C26H38Br2N2O4. The van der Waals surface area contributed by atoms with Gasteiger partial charge in [0.05, 0.1) is 0 Å². The Morgan fingerprint density at radius 1 is 0.647 bits per heavy atom. The van der Waals surface area contributed by atoms with Crippen molar-refractivity contribution < 1.29 is 20.4 Å². The summed E-state index contributed by atoms with van der Waals surface area (Å²) >= 11 is 0. The average molecular weight is 602 g/mol. The van der Waals surface area contributed by atoms with Gasteiger partial charge in [0.2, 0.25) is 0 Å². The van der Waals surface area contributed by atoms with Gasteiger partial charge in [0.15, 0.2) is 23.0 Å². The van der Waals surface area contributed by atoms with E-state index in [1.54, 1.807) is 12.1 Å². The fraction of sp³-hybridized carbons (Fsp3) is 0.385. The molecule has 0 radical (unpaired) electrons. The van der Waals surface area contributed by atoms with E-state index < -0.39 is 0 Å². The smallest absolute Gasteiger partial charge is 0.160 e. The van der Waals surface area contributed by atoms with Crippen molar-refractivity contribution in [1.82, 2.24) is 10.6 Å². The Morgan fingerprint density at radius 2 is 1.03 bits per heavy atom. The molecule has 6 nitrogen and oxygen atoms in total. The first-order chi connectivity index (χ1) is 15.5. The van der Waals surface area contributed by atoms with Crippen LogP contribution in [-0.4, -0.2) is 46.6 Å². The third-order valence-electron chi connectivity index (χ3n) is 5.47. The Bertz CT molecular complexity index is 858. The first-order valence-electron chi connectivity index (χ1n) is 11.3. The number of halogens is 2. The number of benzene rings is 2. The second kappa shape index (κ2) is 17.4. The molecule has 0 aliphatic carbocycles. The van der Waals surface area contributed by atoms with E-state index in [9.17, 15) is 20.4 Å². The summed E-state index contributed by atoms with van der Waals surface area (Å²) in [5, 5.41) is 45.8. The lowest BCUT2D eigenvalue weighted by Gasteiger charge is -2.11. The normalized spacial score (nSPS) is 11.0. The lowest BCUT2D eigenvalue weighted by Crippen LogP contribution is -2.18. The Balaban J connectivity index is 0.00000544. The summed E-state index contributed by atoms with van der Waals surface area (Å²) in [6, 6.07) is 6.82. The number of aromatic hydroxyl groups is 4. The van der Waals surface area contributed by atoms with Crippen molar-refractivity contribution in [2.45, 2.75) is 39.5 Å². The minimum Gasteiger partial charge on any atom is -0.504 e. The van der Waals surface area contributed by atoms with Gasteiger partial charge in [-0.15, -0.1) is 34.0 Å². The molecule has 0 aliphatic heterocycles. The van der Waals surface area contributed by atoms with Crippen LogP contribution in [0.4, 0.5) is 0 Å². The molecule has 0 atom stereocenters. The van der Waals surface area contributed by atoms with Crippen LogP contribution in [-0.2, 0) is 25.7 Å². The maximum atomic E-state index is 9.94. The van der Waals surface area contributed by atoms with Crippen LogP contribution < -0.4 is 10.6 Å². The summed E-state index contributed by atoms with van der Waals surface area (Å²) in [5.41, 5.74) is 3.73. The number of phenolic OH excluding ortho intramolecular Hbond substituents is 4. The third kappa shape index (κ3) is 9.70. The molecule has 0 bridgehead atoms. The first kappa shape index (κ1) is 32.0. The second-order valence-electron chi connectivity index (χ2n) is 7.61. The van der Waals surface area contributed by atoms with E-state index in [-0.39, 0.29) is 57.0 Å². The van der Waals surface area contributed by atoms with E-state index >= 15 is 0 Å². The summed E-state index contributed by atoms with van der Waals surface area (Å²) < 4.78 is 0. The van der Waals surface area contributed by atoms with Gasteiger partial charge in [0.25, 0.3) is 0 Å². The van der Waals surface area contributed by atoms with Crippen molar-refractivity contribution in [2.24, 2.45) is 0 Å². The minimum absolute atomic E-state index is 0. The molecule has 8 heteroatoms. The van der Waals surface area contributed by atoms with Crippen LogP contribution >= 0.6 is 34.0 Å². The van der Waals surface area contributed by atoms with E-state index in [2.05, 4.69) is 22.8 Å². The predicted octanol–water partition coefficient (Wildman–Crippen LogP) is 4.87. The summed E-state index contributed by atoms with van der Waals surface area (Å²) in [4.78, 5) is 0. The number of nitrogens with one attached hydrogen (secondary N) is 2. The molecule has 0 heterocycles. The quantitative estimate of drug-likeness (QED) is 0.111. The topological polar surface area (TPSA) is 105 Å². The molecular weight excluding hydrogens is 564 g/mol. The molecule has 0 saturated heterocycles. The summed E-state index contributed by atoms with van der Waals surface area (Å²) in [5.74, 6) is -0.132. The monoisotopic (exact) mass is 600 g/mol. The molecule has 0 fully saturated rings. The number of phenols is 4. The van der Waals surface area contributed by atoms with Crippen molar-refractivity contribution >= 4 is 34.0 Å². The summed E-state index contributed by atoms with van der Waals surface area (Å²) in [6.45, 7) is 7.03. The highest BCUT2D eigenvalue weighted by molar-refractivity contribution is 8.93. The van der Waals surface area contributed by atoms with Crippen LogP contribution in [0, 0.1) is 0 Å². The van der Waals surface area contributed by atoms with Crippen molar-refractivity contribution in [2.75, 3.05) is 26.2 Å². The van der Waals surface area contributed by atoms with E-state index in [1.807, 2.05) is 38.1 Å². The van der Waals surface area contributed by atoms with Gasteiger partial charge in [-0.3, -0.25) is 0 Å². The Kier molecular flexibility index (Phi) is 16.4. The van der Waals surface area contributed by atoms with Gasteiger partial charge in [-0.25, -0.2) is 0 Å². The lowest BCUT2D eigenvalue weighted by molar-refractivity contribution is 0.399. The molecule has 0 amide bonds. The van der Waals surface area contributed by atoms with Crippen molar-refractivity contribution in [3.8, 4) is 23.0 Å². The second-order valence-corrected chi connectivity index (χ2v) is 7.61. The third-order valence-corrected chi connectivity index (χ3v) is 5.47. The van der Waals surface area contributed by atoms with Crippen LogP contribution in [0.3, 0.4) is 0 Å². The standard InChI is InChI=1S/C26H36N2O4.2BrH/c1-3-21-19(9-11-23(29)25(21)31)13-17-27-15-7-5-6-8-16-28-18-14-20-10-12-24(30)26(32)22(20)4-2;;/h5-12,27-32H,3-4,13-18H2,1-2H3;2*1H/b7-5+,8-6+;;. The molecule has 2 aromatic rings. The zero-order valence-electron chi connectivity index (χ0n) is 19.9. The molecule has 2 aromatic carbocycles. The molecule has 0 saturated carbocycles. The van der Waals surface area contributed by atoms with E-state index in [4.69, 9.17) is 0 Å². The van der Waals surface area contributed by atoms with Crippen molar-refractivity contribution in [1.29, 1.82) is 0 Å². The summed E-state index contributed by atoms with van der Waals surface area (Å²) in [7, 11) is 0. The largest absolute Gasteiger partial charge is 0.504 e. The maximum Gasteiger partial charge on any atom is 0.160 e.